The zero-order valence-corrected chi connectivity index (χ0v) is 8.89. The van der Waals surface area contributed by atoms with Gasteiger partial charge in [-0.25, -0.2) is 9.78 Å². The molecule has 0 amide bonds. The van der Waals surface area contributed by atoms with E-state index in [1.165, 1.54) is 12.5 Å². The number of esters is 1. The summed E-state index contributed by atoms with van der Waals surface area (Å²) in [5.41, 5.74) is 0.148. The van der Waals surface area contributed by atoms with Gasteiger partial charge in [0, 0.05) is 0 Å². The van der Waals surface area contributed by atoms with Crippen LogP contribution in [0.2, 0.25) is 0 Å². The summed E-state index contributed by atoms with van der Waals surface area (Å²) in [6.45, 7) is 3.65. The minimum absolute atomic E-state index is 0.148. The van der Waals surface area contributed by atoms with Crippen molar-refractivity contribution in [2.45, 2.75) is 13.8 Å². The van der Waals surface area contributed by atoms with E-state index in [4.69, 9.17) is 13.6 Å². The van der Waals surface area contributed by atoms with Gasteiger partial charge in [-0.05, 0) is 13.8 Å². The van der Waals surface area contributed by atoms with Crippen molar-refractivity contribution in [1.29, 1.82) is 0 Å². The number of oxazole rings is 2. The van der Waals surface area contributed by atoms with E-state index < -0.39 is 5.97 Å². The number of ether oxygens (including phenoxy) is 1. The highest BCUT2D eigenvalue weighted by atomic mass is 16.5. The fraction of sp³-hybridized carbons (Fsp3) is 0.300. The van der Waals surface area contributed by atoms with Gasteiger partial charge in [0.1, 0.15) is 12.0 Å². The summed E-state index contributed by atoms with van der Waals surface area (Å²) < 4.78 is 15.1. The molecule has 6 nitrogen and oxygen atoms in total. The Morgan fingerprint density at radius 2 is 2.31 bits per heavy atom. The van der Waals surface area contributed by atoms with Gasteiger partial charge in [0.2, 0.25) is 0 Å². The van der Waals surface area contributed by atoms with E-state index in [1.807, 2.05) is 0 Å². The second kappa shape index (κ2) is 4.18. The second-order valence-corrected chi connectivity index (χ2v) is 2.98. The van der Waals surface area contributed by atoms with Gasteiger partial charge < -0.3 is 13.6 Å². The van der Waals surface area contributed by atoms with Crippen molar-refractivity contribution in [3.05, 3.63) is 23.9 Å². The van der Waals surface area contributed by atoms with Crippen LogP contribution in [0.5, 0.6) is 0 Å². The summed E-state index contributed by atoms with van der Waals surface area (Å²) in [7, 11) is 0. The average Bonchev–Trinajstić information content (AvgIpc) is 2.86. The van der Waals surface area contributed by atoms with Crippen LogP contribution < -0.4 is 0 Å². The fourth-order valence-electron chi connectivity index (χ4n) is 1.21. The van der Waals surface area contributed by atoms with E-state index in [-0.39, 0.29) is 17.5 Å². The summed E-state index contributed by atoms with van der Waals surface area (Å²) in [5.74, 6) is 0.275. The number of hydrogen-bond acceptors (Lipinski definition) is 6. The monoisotopic (exact) mass is 222 g/mol. The summed E-state index contributed by atoms with van der Waals surface area (Å²) in [6.07, 6.45) is 2.87. The molecule has 16 heavy (non-hydrogen) atoms. The minimum atomic E-state index is -0.512. The van der Waals surface area contributed by atoms with Crippen molar-refractivity contribution in [1.82, 2.24) is 9.97 Å². The molecule has 84 valence electrons. The molecule has 0 fully saturated rings. The molecule has 2 aromatic rings. The van der Waals surface area contributed by atoms with Crippen molar-refractivity contribution >= 4 is 5.97 Å². The van der Waals surface area contributed by atoms with Crippen LogP contribution in [0.25, 0.3) is 11.8 Å². The van der Waals surface area contributed by atoms with E-state index in [1.54, 1.807) is 13.8 Å². The Morgan fingerprint density at radius 1 is 1.50 bits per heavy atom. The quantitative estimate of drug-likeness (QED) is 0.737. The van der Waals surface area contributed by atoms with E-state index in [0.29, 0.717) is 12.4 Å². The van der Waals surface area contributed by atoms with Gasteiger partial charge in [-0.1, -0.05) is 0 Å². The van der Waals surface area contributed by atoms with Crippen molar-refractivity contribution in [3.8, 4) is 11.8 Å². The van der Waals surface area contributed by atoms with Gasteiger partial charge in [0.05, 0.1) is 12.8 Å². The van der Waals surface area contributed by atoms with Crippen molar-refractivity contribution in [2.75, 3.05) is 6.61 Å². The summed E-state index contributed by atoms with van der Waals surface area (Å²) in [6, 6.07) is 0. The maximum atomic E-state index is 11.5. The standard InChI is InChI=1S/C10H10N2O4/c1-3-14-10(13)7-6(2)16-9(12-7)8-11-4-5-15-8/h4-5H,3H2,1-2H3. The van der Waals surface area contributed by atoms with Crippen LogP contribution in [0.3, 0.4) is 0 Å². The number of aryl methyl sites for hydroxylation is 1. The molecule has 6 heteroatoms. The van der Waals surface area contributed by atoms with Crippen LogP contribution in [-0.2, 0) is 4.74 Å². The highest BCUT2D eigenvalue weighted by Gasteiger charge is 2.20. The van der Waals surface area contributed by atoms with Crippen LogP contribution >= 0.6 is 0 Å². The zero-order valence-electron chi connectivity index (χ0n) is 8.89. The lowest BCUT2D eigenvalue weighted by atomic mass is 10.4. The first-order valence-electron chi connectivity index (χ1n) is 4.76. The van der Waals surface area contributed by atoms with E-state index in [9.17, 15) is 4.79 Å². The highest BCUT2D eigenvalue weighted by Crippen LogP contribution is 2.20. The molecule has 0 unspecified atom stereocenters. The van der Waals surface area contributed by atoms with Crippen molar-refractivity contribution in [2.24, 2.45) is 0 Å². The largest absolute Gasteiger partial charge is 0.461 e. The molecule has 0 aliphatic heterocycles. The molecule has 2 rings (SSSR count). The number of hydrogen-bond donors (Lipinski definition) is 0. The maximum absolute atomic E-state index is 11.5. The number of carbonyl (C=O) groups excluding carboxylic acids is 1. The van der Waals surface area contributed by atoms with Gasteiger partial charge in [-0.2, -0.15) is 4.98 Å². The number of nitrogens with zero attached hydrogens (tertiary/aromatic N) is 2. The number of rotatable bonds is 3. The lowest BCUT2D eigenvalue weighted by Crippen LogP contribution is -2.06. The Morgan fingerprint density at radius 3 is 2.94 bits per heavy atom. The Kier molecular flexibility index (Phi) is 2.72. The Hall–Kier alpha value is -2.11. The SMILES string of the molecule is CCOC(=O)c1nc(-c2ncco2)oc1C. The van der Waals surface area contributed by atoms with Crippen LogP contribution in [0.15, 0.2) is 21.3 Å². The molecule has 0 aromatic carbocycles. The molecule has 0 bridgehead atoms. The highest BCUT2D eigenvalue weighted by molar-refractivity contribution is 5.88. The third-order valence-electron chi connectivity index (χ3n) is 1.88. The first kappa shape index (κ1) is 10.4. The molecule has 0 aliphatic rings. The van der Waals surface area contributed by atoms with Crippen LogP contribution in [0.4, 0.5) is 0 Å². The molecular formula is C10H10N2O4. The molecule has 0 atom stereocenters. The predicted molar refractivity (Wildman–Crippen MR) is 52.7 cm³/mol. The van der Waals surface area contributed by atoms with Gasteiger partial charge in [-0.15, -0.1) is 0 Å². The van der Waals surface area contributed by atoms with E-state index in [0.717, 1.165) is 0 Å². The third kappa shape index (κ3) is 1.81. The smallest absolute Gasteiger partial charge is 0.360 e. The maximum Gasteiger partial charge on any atom is 0.360 e. The summed E-state index contributed by atoms with van der Waals surface area (Å²) >= 11 is 0. The molecule has 0 saturated heterocycles. The second-order valence-electron chi connectivity index (χ2n) is 2.98. The van der Waals surface area contributed by atoms with E-state index >= 15 is 0 Å². The first-order valence-corrected chi connectivity index (χ1v) is 4.76. The van der Waals surface area contributed by atoms with Crippen LogP contribution in [0, 0.1) is 6.92 Å². The molecule has 0 saturated carbocycles. The predicted octanol–water partition coefficient (Wildman–Crippen LogP) is 1.81. The van der Waals surface area contributed by atoms with Gasteiger partial charge in [-0.3, -0.25) is 0 Å². The molecule has 2 heterocycles. The van der Waals surface area contributed by atoms with Gasteiger partial charge in [0.25, 0.3) is 11.8 Å². The zero-order chi connectivity index (χ0) is 11.5. The lowest BCUT2D eigenvalue weighted by Gasteiger charge is -1.96. The Bertz CT molecular complexity index is 487. The topological polar surface area (TPSA) is 78.4 Å². The molecule has 0 N–H and O–H groups in total. The molecular weight excluding hydrogens is 212 g/mol. The summed E-state index contributed by atoms with van der Waals surface area (Å²) in [5, 5.41) is 0. The fourth-order valence-corrected chi connectivity index (χ4v) is 1.21. The summed E-state index contributed by atoms with van der Waals surface area (Å²) in [4.78, 5) is 19.3. The Labute approximate surface area is 91.3 Å². The molecule has 2 aromatic heterocycles. The van der Waals surface area contributed by atoms with Crippen LogP contribution in [0.1, 0.15) is 23.2 Å². The lowest BCUT2D eigenvalue weighted by molar-refractivity contribution is 0.0518. The molecule has 0 aliphatic carbocycles. The number of carbonyl (C=O) groups is 1. The molecule has 0 radical (unpaired) electrons. The van der Waals surface area contributed by atoms with Crippen molar-refractivity contribution in [3.63, 3.8) is 0 Å². The average molecular weight is 222 g/mol. The minimum Gasteiger partial charge on any atom is -0.461 e. The third-order valence-corrected chi connectivity index (χ3v) is 1.88. The normalized spacial score (nSPS) is 10.4. The Balaban J connectivity index is 2.32. The van der Waals surface area contributed by atoms with E-state index in [2.05, 4.69) is 9.97 Å². The first-order chi connectivity index (χ1) is 7.72. The van der Waals surface area contributed by atoms with Crippen LogP contribution in [-0.4, -0.2) is 22.5 Å². The van der Waals surface area contributed by atoms with Crippen molar-refractivity contribution < 1.29 is 18.4 Å². The number of aromatic nitrogens is 2. The molecule has 0 spiro atoms. The van der Waals surface area contributed by atoms with Gasteiger partial charge >= 0.3 is 5.97 Å². The van der Waals surface area contributed by atoms with Gasteiger partial charge in [0.15, 0.2) is 5.69 Å².